The fourth-order valence-electron chi connectivity index (χ4n) is 5.29. The van der Waals surface area contributed by atoms with Gasteiger partial charge in [-0.05, 0) is 30.2 Å². The molecule has 1 N–H and O–H groups in total. The molecule has 1 aliphatic rings. The maximum atomic E-state index is 13.8. The standard InChI is InChI=1S/C30H28N4O3S.CH4/c1-37-26-25-27(23-12-5-6-13-24(23)34(30(25)36)19-21-11-7-8-15-31-21)38-28(26)29(35)32-22-14-16-33(18-22)17-20-9-3-2-4-10-20;/h2-13,15,22H,14,16-19H2,1H3,(H,32,35);1H4. The average Bonchev–Trinajstić information content (AvgIpc) is 3.56. The molecule has 5 aromatic rings. The van der Waals surface area contributed by atoms with E-state index in [0.29, 0.717) is 22.6 Å². The number of hydrogen-bond donors (Lipinski definition) is 1. The lowest BCUT2D eigenvalue weighted by Crippen LogP contribution is -2.36. The van der Waals surface area contributed by atoms with Crippen LogP contribution in [0.3, 0.4) is 0 Å². The van der Waals surface area contributed by atoms with Crippen LogP contribution in [0.4, 0.5) is 0 Å². The van der Waals surface area contributed by atoms with Crippen molar-refractivity contribution in [3.63, 3.8) is 0 Å². The van der Waals surface area contributed by atoms with Gasteiger partial charge >= 0.3 is 0 Å². The molecular formula is C31H32N4O3S. The summed E-state index contributed by atoms with van der Waals surface area (Å²) in [6, 6.07) is 23.9. The van der Waals surface area contributed by atoms with E-state index in [0.717, 1.165) is 47.4 Å². The lowest BCUT2D eigenvalue weighted by atomic mass is 10.1. The van der Waals surface area contributed by atoms with Gasteiger partial charge in [0.15, 0.2) is 5.75 Å². The number of ether oxygens (including phenoxy) is 1. The van der Waals surface area contributed by atoms with Gasteiger partial charge in [0.2, 0.25) is 0 Å². The van der Waals surface area contributed by atoms with Crippen molar-refractivity contribution < 1.29 is 9.53 Å². The average molecular weight is 541 g/mol. The van der Waals surface area contributed by atoms with Gasteiger partial charge in [-0.2, -0.15) is 0 Å². The monoisotopic (exact) mass is 540 g/mol. The van der Waals surface area contributed by atoms with Crippen molar-refractivity contribution in [3.05, 3.63) is 105 Å². The van der Waals surface area contributed by atoms with E-state index >= 15 is 0 Å². The number of pyridine rings is 2. The number of aromatic nitrogens is 2. The molecule has 0 spiro atoms. The maximum Gasteiger partial charge on any atom is 0.265 e. The van der Waals surface area contributed by atoms with Crippen LogP contribution in [0.1, 0.15) is 34.8 Å². The number of methoxy groups -OCH3 is 1. The number of benzene rings is 2. The zero-order chi connectivity index (χ0) is 26.1. The van der Waals surface area contributed by atoms with E-state index in [2.05, 4.69) is 27.3 Å². The van der Waals surface area contributed by atoms with Crippen LogP contribution in [-0.4, -0.2) is 46.6 Å². The van der Waals surface area contributed by atoms with E-state index in [9.17, 15) is 9.59 Å². The third-order valence-corrected chi connectivity index (χ3v) is 8.28. The second-order valence-corrected chi connectivity index (χ2v) is 10.6. The molecule has 0 aliphatic carbocycles. The zero-order valence-electron chi connectivity index (χ0n) is 21.1. The maximum absolute atomic E-state index is 13.8. The fourth-order valence-corrected chi connectivity index (χ4v) is 6.49. The van der Waals surface area contributed by atoms with Crippen LogP contribution in [0.5, 0.6) is 5.75 Å². The van der Waals surface area contributed by atoms with Crippen LogP contribution in [0, 0.1) is 0 Å². The minimum Gasteiger partial charge on any atom is -0.494 e. The molecule has 1 atom stereocenters. The normalized spacial score (nSPS) is 15.4. The minimum atomic E-state index is -0.200. The Balaban J connectivity index is 0.00000308. The molecule has 1 saturated heterocycles. The van der Waals surface area contributed by atoms with Gasteiger partial charge in [-0.25, -0.2) is 0 Å². The summed E-state index contributed by atoms with van der Waals surface area (Å²) in [5.41, 5.74) is 2.66. The molecule has 8 heteroatoms. The Bertz CT molecular complexity index is 1660. The van der Waals surface area contributed by atoms with E-state index in [-0.39, 0.29) is 24.9 Å². The lowest BCUT2D eigenvalue weighted by Gasteiger charge is -2.16. The summed E-state index contributed by atoms with van der Waals surface area (Å²) in [6.07, 6.45) is 2.60. The molecule has 0 saturated carbocycles. The molecule has 0 bridgehead atoms. The number of carbonyl (C=O) groups excluding carboxylic acids is 1. The Hall–Kier alpha value is -4.01. The summed E-state index contributed by atoms with van der Waals surface area (Å²) < 4.78 is 8.21. The Morgan fingerprint density at radius 2 is 1.82 bits per heavy atom. The second-order valence-electron chi connectivity index (χ2n) is 9.58. The predicted molar refractivity (Wildman–Crippen MR) is 158 cm³/mol. The summed E-state index contributed by atoms with van der Waals surface area (Å²) in [6.45, 7) is 2.90. The summed E-state index contributed by atoms with van der Waals surface area (Å²) in [5.74, 6) is 0.140. The molecule has 200 valence electrons. The quantitative estimate of drug-likeness (QED) is 0.303. The summed E-state index contributed by atoms with van der Waals surface area (Å²) in [4.78, 5) is 34.6. The number of nitrogens with zero attached hydrogens (tertiary/aromatic N) is 3. The van der Waals surface area contributed by atoms with Gasteiger partial charge in [0.05, 0.1) is 29.6 Å². The van der Waals surface area contributed by atoms with E-state index in [1.54, 1.807) is 10.8 Å². The number of likely N-dealkylation sites (tertiary alicyclic amines) is 1. The highest BCUT2D eigenvalue weighted by Crippen LogP contribution is 2.39. The summed E-state index contributed by atoms with van der Waals surface area (Å²) >= 11 is 1.32. The number of amides is 1. The van der Waals surface area contributed by atoms with Crippen LogP contribution in [-0.2, 0) is 13.1 Å². The number of nitrogens with one attached hydrogen (secondary N) is 1. The largest absolute Gasteiger partial charge is 0.494 e. The molecule has 4 heterocycles. The van der Waals surface area contributed by atoms with Crippen molar-refractivity contribution in [1.82, 2.24) is 19.8 Å². The number of fused-ring (bicyclic) bond motifs is 3. The van der Waals surface area contributed by atoms with Gasteiger partial charge in [0.25, 0.3) is 11.5 Å². The van der Waals surface area contributed by atoms with Gasteiger partial charge in [-0.3, -0.25) is 19.5 Å². The number of hydrogen-bond acceptors (Lipinski definition) is 6. The number of carbonyl (C=O) groups is 1. The minimum absolute atomic E-state index is 0. The highest BCUT2D eigenvalue weighted by molar-refractivity contribution is 7.22. The highest BCUT2D eigenvalue weighted by Gasteiger charge is 2.29. The van der Waals surface area contributed by atoms with Crippen LogP contribution in [0.2, 0.25) is 0 Å². The van der Waals surface area contributed by atoms with Gasteiger partial charge in [-0.15, -0.1) is 11.3 Å². The molecule has 6 rings (SSSR count). The first-order valence-corrected chi connectivity index (χ1v) is 13.5. The lowest BCUT2D eigenvalue weighted by molar-refractivity contribution is 0.0939. The van der Waals surface area contributed by atoms with Crippen LogP contribution in [0.15, 0.2) is 83.8 Å². The van der Waals surface area contributed by atoms with E-state index in [4.69, 9.17) is 4.74 Å². The molecule has 2 aromatic carbocycles. The van der Waals surface area contributed by atoms with Crippen molar-refractivity contribution >= 4 is 38.2 Å². The molecular weight excluding hydrogens is 508 g/mol. The van der Waals surface area contributed by atoms with Crippen molar-refractivity contribution in [2.24, 2.45) is 0 Å². The molecule has 7 nitrogen and oxygen atoms in total. The first kappa shape index (κ1) is 26.6. The molecule has 1 unspecified atom stereocenters. The van der Waals surface area contributed by atoms with Gasteiger partial charge in [0.1, 0.15) is 10.3 Å². The van der Waals surface area contributed by atoms with Crippen molar-refractivity contribution in [2.75, 3.05) is 20.2 Å². The van der Waals surface area contributed by atoms with Gasteiger partial charge < -0.3 is 14.6 Å². The highest BCUT2D eigenvalue weighted by atomic mass is 32.1. The number of para-hydroxylation sites is 1. The van der Waals surface area contributed by atoms with E-state index < -0.39 is 0 Å². The molecule has 0 radical (unpaired) electrons. The molecule has 1 aliphatic heterocycles. The third-order valence-electron chi connectivity index (χ3n) is 7.08. The molecule has 3 aromatic heterocycles. The second kappa shape index (κ2) is 11.4. The van der Waals surface area contributed by atoms with Crippen LogP contribution in [0.25, 0.3) is 21.0 Å². The molecule has 1 fully saturated rings. The predicted octanol–water partition coefficient (Wildman–Crippen LogP) is 5.31. The smallest absolute Gasteiger partial charge is 0.265 e. The molecule has 39 heavy (non-hydrogen) atoms. The first-order valence-electron chi connectivity index (χ1n) is 12.7. The first-order chi connectivity index (χ1) is 18.6. The van der Waals surface area contributed by atoms with E-state index in [1.165, 1.54) is 24.0 Å². The van der Waals surface area contributed by atoms with Crippen LogP contribution >= 0.6 is 11.3 Å². The Morgan fingerprint density at radius 3 is 2.59 bits per heavy atom. The third kappa shape index (κ3) is 5.17. The van der Waals surface area contributed by atoms with Gasteiger partial charge in [-0.1, -0.05) is 62.0 Å². The summed E-state index contributed by atoms with van der Waals surface area (Å²) in [7, 11) is 1.52. The Kier molecular flexibility index (Phi) is 7.77. The van der Waals surface area contributed by atoms with Gasteiger partial charge in [0, 0.05) is 37.3 Å². The summed E-state index contributed by atoms with van der Waals surface area (Å²) in [5, 5.41) is 4.55. The fraction of sp³-hybridized carbons (Fsp3) is 0.258. The zero-order valence-corrected chi connectivity index (χ0v) is 21.9. The topological polar surface area (TPSA) is 76.5 Å². The van der Waals surface area contributed by atoms with E-state index in [1.807, 2.05) is 60.7 Å². The van der Waals surface area contributed by atoms with Crippen molar-refractivity contribution in [2.45, 2.75) is 33.0 Å². The SMILES string of the molecule is C.COc1c(C(=O)NC2CCN(Cc3ccccc3)C2)sc2c1c(=O)n(Cc1ccccn1)c1ccccc21. The van der Waals surface area contributed by atoms with Crippen molar-refractivity contribution in [1.29, 1.82) is 0 Å². The van der Waals surface area contributed by atoms with Crippen LogP contribution < -0.4 is 15.6 Å². The number of thiophene rings is 1. The van der Waals surface area contributed by atoms with Crippen molar-refractivity contribution in [3.8, 4) is 5.75 Å². The Morgan fingerprint density at radius 1 is 1.05 bits per heavy atom. The molecule has 1 amide bonds. The number of rotatable bonds is 7. The Labute approximate surface area is 231 Å².